The number of methoxy groups -OCH3 is 1. The molecule has 1 aliphatic rings. The molecular weight excluding hydrogens is 346 g/mol. The number of carbonyl (C=O) groups excluding carboxylic acids is 2. The van der Waals surface area contributed by atoms with Crippen LogP contribution in [-0.4, -0.2) is 49.5 Å². The van der Waals surface area contributed by atoms with Crippen molar-refractivity contribution in [2.75, 3.05) is 7.11 Å². The highest BCUT2D eigenvalue weighted by Gasteiger charge is 2.49. The summed E-state index contributed by atoms with van der Waals surface area (Å²) in [6.45, 7) is 5.03. The maximum atomic E-state index is 13.0. The Balaban J connectivity index is 2.42. The molecule has 0 aliphatic carbocycles. The topological polar surface area (TPSA) is 90.0 Å². The van der Waals surface area contributed by atoms with Crippen LogP contribution in [0.4, 0.5) is 4.79 Å². The Hall–Kier alpha value is -2.09. The van der Waals surface area contributed by atoms with Crippen molar-refractivity contribution in [1.82, 2.24) is 4.90 Å². The van der Waals surface area contributed by atoms with Gasteiger partial charge in [-0.3, -0.25) is 4.90 Å². The van der Waals surface area contributed by atoms with Gasteiger partial charge in [-0.2, -0.15) is 0 Å². The number of amides is 1. The van der Waals surface area contributed by atoms with E-state index in [1.165, 1.54) is 19.2 Å². The Morgan fingerprint density at radius 1 is 1.12 bits per heavy atom. The summed E-state index contributed by atoms with van der Waals surface area (Å²) in [5.41, 5.74) is -0.818. The molecular formula is C17H23NO6S. The minimum absolute atomic E-state index is 0.0964. The van der Waals surface area contributed by atoms with Crippen LogP contribution in [0.5, 0.6) is 0 Å². The summed E-state index contributed by atoms with van der Waals surface area (Å²) in [6.07, 6.45) is -0.510. The minimum atomic E-state index is -3.85. The van der Waals surface area contributed by atoms with Crippen molar-refractivity contribution in [1.29, 1.82) is 0 Å². The summed E-state index contributed by atoms with van der Waals surface area (Å²) in [6, 6.07) is 6.87. The normalized spacial score (nSPS) is 21.0. The molecule has 0 N–H and O–H groups in total. The van der Waals surface area contributed by atoms with Crippen molar-refractivity contribution in [3.63, 3.8) is 0 Å². The third-order valence-electron chi connectivity index (χ3n) is 3.84. The van der Waals surface area contributed by atoms with Crippen molar-refractivity contribution < 1.29 is 27.5 Å². The van der Waals surface area contributed by atoms with Crippen LogP contribution in [0.15, 0.2) is 35.2 Å². The molecule has 1 aromatic rings. The van der Waals surface area contributed by atoms with Crippen molar-refractivity contribution in [3.05, 3.63) is 30.3 Å². The van der Waals surface area contributed by atoms with Crippen LogP contribution in [0, 0.1) is 0 Å². The van der Waals surface area contributed by atoms with Gasteiger partial charge in [-0.05, 0) is 45.7 Å². The van der Waals surface area contributed by atoms with E-state index in [9.17, 15) is 18.0 Å². The van der Waals surface area contributed by atoms with E-state index in [-0.39, 0.29) is 17.7 Å². The number of benzene rings is 1. The summed E-state index contributed by atoms with van der Waals surface area (Å²) in [4.78, 5) is 25.7. The average molecular weight is 369 g/mol. The Kier molecular flexibility index (Phi) is 5.41. The summed E-state index contributed by atoms with van der Waals surface area (Å²) in [5.74, 6) is -0.656. The van der Waals surface area contributed by atoms with E-state index in [2.05, 4.69) is 0 Å². The Labute approximate surface area is 147 Å². The standard InChI is InChI=1S/C17H23NO6S/c1-17(2,3)24-16(20)18-13(15(19)23-4)10-11-14(18)25(21,22)12-8-6-5-7-9-12/h5-9,13-14H,10-11H2,1-4H3/t13-,14+/m1/s1. The minimum Gasteiger partial charge on any atom is -0.467 e. The predicted molar refractivity (Wildman–Crippen MR) is 90.5 cm³/mol. The zero-order valence-electron chi connectivity index (χ0n) is 14.8. The second-order valence-electron chi connectivity index (χ2n) is 6.82. The van der Waals surface area contributed by atoms with Gasteiger partial charge in [-0.1, -0.05) is 18.2 Å². The van der Waals surface area contributed by atoms with Crippen molar-refractivity contribution >= 4 is 21.9 Å². The van der Waals surface area contributed by atoms with Crippen LogP contribution in [-0.2, 0) is 24.1 Å². The molecule has 0 radical (unpaired) electrons. The zero-order chi connectivity index (χ0) is 18.8. The summed E-state index contributed by atoms with van der Waals surface area (Å²) in [5, 5.41) is -1.17. The molecule has 1 saturated heterocycles. The quantitative estimate of drug-likeness (QED) is 0.760. The van der Waals surface area contributed by atoms with Gasteiger partial charge in [0.2, 0.25) is 0 Å². The predicted octanol–water partition coefficient (Wildman–Crippen LogP) is 2.36. The fourth-order valence-corrected chi connectivity index (χ4v) is 4.61. The first-order chi connectivity index (χ1) is 11.6. The SMILES string of the molecule is COC(=O)[C@H]1CC[C@H](S(=O)(=O)c2ccccc2)N1C(=O)OC(C)(C)C. The van der Waals surface area contributed by atoms with E-state index in [0.717, 1.165) is 4.90 Å². The van der Waals surface area contributed by atoms with Gasteiger partial charge in [0, 0.05) is 0 Å². The maximum absolute atomic E-state index is 13.0. The molecule has 1 fully saturated rings. The Bertz CT molecular complexity index is 738. The van der Waals surface area contributed by atoms with E-state index in [0.29, 0.717) is 0 Å². The fraction of sp³-hybridized carbons (Fsp3) is 0.529. The molecule has 1 aliphatic heterocycles. The van der Waals surface area contributed by atoms with Crippen molar-refractivity contribution in [2.24, 2.45) is 0 Å². The molecule has 1 heterocycles. The second-order valence-corrected chi connectivity index (χ2v) is 8.92. The molecule has 2 atom stereocenters. The lowest BCUT2D eigenvalue weighted by molar-refractivity contribution is -0.145. The monoisotopic (exact) mass is 369 g/mol. The number of carbonyl (C=O) groups is 2. The number of likely N-dealkylation sites (tertiary alicyclic amines) is 1. The van der Waals surface area contributed by atoms with E-state index in [1.807, 2.05) is 0 Å². The first-order valence-electron chi connectivity index (χ1n) is 7.96. The number of hydrogen-bond acceptors (Lipinski definition) is 6. The summed E-state index contributed by atoms with van der Waals surface area (Å²) in [7, 11) is -2.64. The molecule has 1 amide bonds. The highest BCUT2D eigenvalue weighted by atomic mass is 32.2. The first kappa shape index (κ1) is 19.2. The maximum Gasteiger partial charge on any atom is 0.412 e. The molecule has 0 saturated carbocycles. The molecule has 0 unspecified atom stereocenters. The summed E-state index contributed by atoms with van der Waals surface area (Å²) >= 11 is 0. The number of hydrogen-bond donors (Lipinski definition) is 0. The lowest BCUT2D eigenvalue weighted by Crippen LogP contribution is -2.49. The van der Waals surface area contributed by atoms with Crippen LogP contribution in [0.1, 0.15) is 33.6 Å². The number of rotatable bonds is 3. The van der Waals surface area contributed by atoms with E-state index in [4.69, 9.17) is 9.47 Å². The Morgan fingerprint density at radius 3 is 2.24 bits per heavy atom. The zero-order valence-corrected chi connectivity index (χ0v) is 15.6. The number of ether oxygens (including phenoxy) is 2. The molecule has 2 rings (SSSR count). The molecule has 25 heavy (non-hydrogen) atoms. The lowest BCUT2D eigenvalue weighted by atomic mass is 10.2. The lowest BCUT2D eigenvalue weighted by Gasteiger charge is -2.31. The van der Waals surface area contributed by atoms with Crippen molar-refractivity contribution in [3.8, 4) is 0 Å². The molecule has 138 valence electrons. The molecule has 8 heteroatoms. The molecule has 0 aromatic heterocycles. The van der Waals surface area contributed by atoms with Gasteiger partial charge in [-0.15, -0.1) is 0 Å². The fourth-order valence-electron chi connectivity index (χ4n) is 2.78. The van der Waals surface area contributed by atoms with Gasteiger partial charge in [0.1, 0.15) is 17.0 Å². The van der Waals surface area contributed by atoms with E-state index < -0.39 is 38.9 Å². The highest BCUT2D eigenvalue weighted by molar-refractivity contribution is 7.92. The van der Waals surface area contributed by atoms with Crippen LogP contribution in [0.2, 0.25) is 0 Å². The van der Waals surface area contributed by atoms with Crippen LogP contribution in [0.25, 0.3) is 0 Å². The van der Waals surface area contributed by atoms with Gasteiger partial charge in [-0.25, -0.2) is 18.0 Å². The molecule has 0 spiro atoms. The number of esters is 1. The average Bonchev–Trinajstić information content (AvgIpc) is 2.99. The van der Waals surface area contributed by atoms with Crippen LogP contribution in [0.3, 0.4) is 0 Å². The molecule has 0 bridgehead atoms. The number of nitrogens with zero attached hydrogens (tertiary/aromatic N) is 1. The molecule has 7 nitrogen and oxygen atoms in total. The molecule has 1 aromatic carbocycles. The summed E-state index contributed by atoms with van der Waals surface area (Å²) < 4.78 is 36.0. The first-order valence-corrected chi connectivity index (χ1v) is 9.50. The number of sulfone groups is 1. The highest BCUT2D eigenvalue weighted by Crippen LogP contribution is 2.33. The van der Waals surface area contributed by atoms with Crippen molar-refractivity contribution in [2.45, 2.75) is 55.5 Å². The van der Waals surface area contributed by atoms with Gasteiger partial charge < -0.3 is 9.47 Å². The van der Waals surface area contributed by atoms with Gasteiger partial charge in [0.25, 0.3) is 0 Å². The van der Waals surface area contributed by atoms with Gasteiger partial charge in [0.05, 0.1) is 12.0 Å². The van der Waals surface area contributed by atoms with Crippen LogP contribution >= 0.6 is 0 Å². The second kappa shape index (κ2) is 7.03. The van der Waals surface area contributed by atoms with Gasteiger partial charge in [0.15, 0.2) is 9.84 Å². The largest absolute Gasteiger partial charge is 0.467 e. The third kappa shape index (κ3) is 4.12. The smallest absolute Gasteiger partial charge is 0.412 e. The van der Waals surface area contributed by atoms with E-state index >= 15 is 0 Å². The third-order valence-corrected chi connectivity index (χ3v) is 5.95. The van der Waals surface area contributed by atoms with E-state index in [1.54, 1.807) is 39.0 Å². The van der Waals surface area contributed by atoms with Crippen LogP contribution < -0.4 is 0 Å². The van der Waals surface area contributed by atoms with Gasteiger partial charge >= 0.3 is 12.1 Å². The Morgan fingerprint density at radius 2 is 1.72 bits per heavy atom.